The summed E-state index contributed by atoms with van der Waals surface area (Å²) < 4.78 is 18.7. The Kier molecular flexibility index (Phi) is 6.56. The Labute approximate surface area is 167 Å². The first-order valence-corrected chi connectivity index (χ1v) is 10.4. The number of thioether (sulfide) groups is 1. The number of methoxy groups -OCH3 is 1. The van der Waals surface area contributed by atoms with Crippen LogP contribution in [0.15, 0.2) is 30.6 Å². The van der Waals surface area contributed by atoms with Crippen LogP contribution >= 0.6 is 11.8 Å². The second kappa shape index (κ2) is 9.09. The monoisotopic (exact) mass is 406 g/mol. The van der Waals surface area contributed by atoms with Crippen LogP contribution < -0.4 is 5.32 Å². The number of esters is 1. The van der Waals surface area contributed by atoms with Gasteiger partial charge in [0.25, 0.3) is 0 Å². The fraction of sp³-hybridized carbons (Fsp3) is 0.421. The Hall–Kier alpha value is -2.55. The molecule has 2 N–H and O–H groups in total. The summed E-state index contributed by atoms with van der Waals surface area (Å²) in [7, 11) is 1.30. The van der Waals surface area contributed by atoms with Crippen molar-refractivity contribution in [2.45, 2.75) is 24.9 Å². The van der Waals surface area contributed by atoms with E-state index >= 15 is 0 Å². The maximum Gasteiger partial charge on any atom is 0.328 e. The third kappa shape index (κ3) is 4.30. The second-order valence-corrected chi connectivity index (χ2v) is 7.46. The molecule has 0 saturated heterocycles. The minimum Gasteiger partial charge on any atom is -0.467 e. The summed E-state index contributed by atoms with van der Waals surface area (Å²) in [4.78, 5) is 34.2. The average Bonchev–Trinajstić information content (AvgIpc) is 3.18. The highest BCUT2D eigenvalue weighted by molar-refractivity contribution is 7.98. The van der Waals surface area contributed by atoms with Gasteiger partial charge in [0.1, 0.15) is 17.9 Å². The summed E-state index contributed by atoms with van der Waals surface area (Å²) >= 11 is 1.58. The van der Waals surface area contributed by atoms with E-state index in [0.717, 1.165) is 5.69 Å². The molecule has 2 atom stereocenters. The Morgan fingerprint density at radius 2 is 2.32 bits per heavy atom. The van der Waals surface area contributed by atoms with Gasteiger partial charge in [-0.1, -0.05) is 12.1 Å². The van der Waals surface area contributed by atoms with Crippen LogP contribution in [0.2, 0.25) is 0 Å². The van der Waals surface area contributed by atoms with Gasteiger partial charge in [-0.15, -0.1) is 0 Å². The van der Waals surface area contributed by atoms with Crippen molar-refractivity contribution in [2.24, 2.45) is 0 Å². The Morgan fingerprint density at radius 3 is 3.04 bits per heavy atom. The molecule has 1 aromatic heterocycles. The van der Waals surface area contributed by atoms with E-state index in [0.29, 0.717) is 36.4 Å². The predicted molar refractivity (Wildman–Crippen MR) is 105 cm³/mol. The van der Waals surface area contributed by atoms with Gasteiger partial charge < -0.3 is 19.9 Å². The number of nitrogens with zero attached hydrogens (tertiary/aromatic N) is 2. The lowest BCUT2D eigenvalue weighted by Gasteiger charge is -2.36. The van der Waals surface area contributed by atoms with Crippen LogP contribution in [0, 0.1) is 5.82 Å². The number of H-pyrrole nitrogens is 1. The number of carbonyl (C=O) groups is 2. The zero-order chi connectivity index (χ0) is 20.1. The molecule has 28 heavy (non-hydrogen) atoms. The van der Waals surface area contributed by atoms with E-state index in [1.165, 1.54) is 19.2 Å². The first-order chi connectivity index (χ1) is 13.5. The van der Waals surface area contributed by atoms with Gasteiger partial charge in [0.15, 0.2) is 0 Å². The first-order valence-electron chi connectivity index (χ1n) is 8.96. The highest BCUT2D eigenvalue weighted by atomic mass is 32.2. The number of aromatic nitrogens is 2. The Morgan fingerprint density at radius 1 is 1.50 bits per heavy atom. The molecule has 1 aliphatic heterocycles. The van der Waals surface area contributed by atoms with Crippen molar-refractivity contribution in [1.82, 2.24) is 20.2 Å². The summed E-state index contributed by atoms with van der Waals surface area (Å²) in [6, 6.07) is 4.46. The third-order valence-electron chi connectivity index (χ3n) is 4.74. The van der Waals surface area contributed by atoms with Gasteiger partial charge in [0, 0.05) is 18.7 Å². The minimum absolute atomic E-state index is 0.382. The van der Waals surface area contributed by atoms with Crippen molar-refractivity contribution >= 4 is 23.8 Å². The maximum atomic E-state index is 13.8. The smallest absolute Gasteiger partial charge is 0.328 e. The summed E-state index contributed by atoms with van der Waals surface area (Å²) in [5.74, 6) is -0.160. The van der Waals surface area contributed by atoms with Gasteiger partial charge in [-0.25, -0.2) is 19.0 Å². The van der Waals surface area contributed by atoms with Gasteiger partial charge in [0.2, 0.25) is 0 Å². The molecule has 0 spiro atoms. The Balaban J connectivity index is 1.88. The van der Waals surface area contributed by atoms with Crippen molar-refractivity contribution in [1.29, 1.82) is 0 Å². The average molecular weight is 406 g/mol. The van der Waals surface area contributed by atoms with Gasteiger partial charge in [-0.3, -0.25) is 0 Å². The van der Waals surface area contributed by atoms with Crippen LogP contribution in [0.5, 0.6) is 0 Å². The first kappa shape index (κ1) is 20.2. The van der Waals surface area contributed by atoms with Gasteiger partial charge in [0.05, 0.1) is 19.1 Å². The largest absolute Gasteiger partial charge is 0.467 e. The van der Waals surface area contributed by atoms with Crippen molar-refractivity contribution in [3.8, 4) is 0 Å². The van der Waals surface area contributed by atoms with Crippen molar-refractivity contribution in [2.75, 3.05) is 25.7 Å². The molecule has 2 heterocycles. The molecule has 0 bridgehead atoms. The van der Waals surface area contributed by atoms with Gasteiger partial charge >= 0.3 is 12.0 Å². The number of carbonyl (C=O) groups excluding carboxylic acids is 2. The summed E-state index contributed by atoms with van der Waals surface area (Å²) in [6.45, 7) is 0.415. The molecule has 150 valence electrons. The summed E-state index contributed by atoms with van der Waals surface area (Å²) in [5, 5.41) is 2.78. The van der Waals surface area contributed by atoms with Crippen LogP contribution in [0.4, 0.5) is 9.18 Å². The van der Waals surface area contributed by atoms with E-state index in [2.05, 4.69) is 15.3 Å². The van der Waals surface area contributed by atoms with Crippen molar-refractivity contribution in [3.63, 3.8) is 0 Å². The number of hydrogen-bond donors (Lipinski definition) is 2. The second-order valence-electron chi connectivity index (χ2n) is 6.47. The summed E-state index contributed by atoms with van der Waals surface area (Å²) in [5.41, 5.74) is 2.23. The molecule has 2 amide bonds. The molecule has 7 nitrogen and oxygen atoms in total. The zero-order valence-corrected chi connectivity index (χ0v) is 16.6. The lowest BCUT2D eigenvalue weighted by molar-refractivity contribution is -0.142. The molecule has 2 aromatic rings. The molecule has 3 rings (SSSR count). The number of hydrogen-bond acceptors (Lipinski definition) is 5. The number of fused-ring (bicyclic) bond motifs is 1. The lowest BCUT2D eigenvalue weighted by atomic mass is 9.96. The van der Waals surface area contributed by atoms with Crippen LogP contribution in [-0.4, -0.2) is 58.6 Å². The fourth-order valence-electron chi connectivity index (χ4n) is 3.37. The number of ether oxygens (including phenoxy) is 1. The number of benzene rings is 1. The van der Waals surface area contributed by atoms with Crippen molar-refractivity contribution in [3.05, 3.63) is 53.4 Å². The third-order valence-corrected chi connectivity index (χ3v) is 5.39. The minimum atomic E-state index is -0.737. The molecule has 9 heteroatoms. The van der Waals surface area contributed by atoms with Crippen LogP contribution in [0.1, 0.15) is 29.4 Å². The quantitative estimate of drug-likeness (QED) is 0.720. The number of aromatic amines is 1. The SMILES string of the molecule is COC(=O)[C@H](CCSC)NC(=O)N1CCc2[nH]cnc2[C@@H]1c1cccc(F)c1. The van der Waals surface area contributed by atoms with E-state index in [4.69, 9.17) is 4.74 Å². The van der Waals surface area contributed by atoms with E-state index in [9.17, 15) is 14.0 Å². The number of imidazole rings is 1. The van der Waals surface area contributed by atoms with E-state index < -0.39 is 24.1 Å². The van der Waals surface area contributed by atoms with E-state index in [1.807, 2.05) is 6.26 Å². The van der Waals surface area contributed by atoms with E-state index in [1.54, 1.807) is 35.1 Å². The number of urea groups is 1. The lowest BCUT2D eigenvalue weighted by Crippen LogP contribution is -2.51. The molecule has 1 aromatic carbocycles. The molecular weight excluding hydrogens is 383 g/mol. The summed E-state index contributed by atoms with van der Waals surface area (Å²) in [6.07, 6.45) is 4.57. The zero-order valence-electron chi connectivity index (χ0n) is 15.8. The molecule has 0 fully saturated rings. The van der Waals surface area contributed by atoms with Crippen LogP contribution in [0.25, 0.3) is 0 Å². The normalized spacial score (nSPS) is 17.0. The number of nitrogens with one attached hydrogen (secondary N) is 2. The predicted octanol–water partition coefficient (Wildman–Crippen LogP) is 2.50. The van der Waals surface area contributed by atoms with E-state index in [-0.39, 0.29) is 5.82 Å². The van der Waals surface area contributed by atoms with Crippen LogP contribution in [-0.2, 0) is 16.0 Å². The Bertz CT molecular complexity index is 844. The topological polar surface area (TPSA) is 87.3 Å². The van der Waals surface area contributed by atoms with Crippen LogP contribution in [0.3, 0.4) is 0 Å². The molecular formula is C19H23FN4O3S. The molecule has 1 aliphatic rings. The van der Waals surface area contributed by atoms with Gasteiger partial charge in [-0.05, 0) is 36.1 Å². The highest BCUT2D eigenvalue weighted by Crippen LogP contribution is 2.33. The number of rotatable bonds is 6. The number of halogens is 1. The maximum absolute atomic E-state index is 13.8. The fourth-order valence-corrected chi connectivity index (χ4v) is 3.84. The number of amides is 2. The standard InChI is InChI=1S/C19H23FN4O3S/c1-27-18(25)15(7-9-28-2)23-19(26)24-8-6-14-16(22-11-21-14)17(24)12-4-3-5-13(20)10-12/h3-5,10-11,15,17H,6-9H2,1-2H3,(H,21,22)(H,23,26)/t15-,17-/m0/s1. The molecule has 0 aliphatic carbocycles. The highest BCUT2D eigenvalue weighted by Gasteiger charge is 2.35. The molecule has 0 unspecified atom stereocenters. The van der Waals surface area contributed by atoms with Crippen molar-refractivity contribution < 1.29 is 18.7 Å². The molecule has 0 saturated carbocycles. The molecule has 0 radical (unpaired) electrons. The van der Waals surface area contributed by atoms with Gasteiger partial charge in [-0.2, -0.15) is 11.8 Å².